The maximum atomic E-state index is 11.8. The number of Topliss-reactive ketones (excluding diaryl/α,β-unsaturated/α-hetero) is 1. The number of ketones is 1. The number of aliphatic hydroxyl groups is 1. The van der Waals surface area contributed by atoms with Crippen molar-refractivity contribution in [2.45, 2.75) is 77.2 Å². The van der Waals surface area contributed by atoms with E-state index in [2.05, 4.69) is 0 Å². The summed E-state index contributed by atoms with van der Waals surface area (Å²) < 4.78 is 0. The molecule has 18 heavy (non-hydrogen) atoms. The standard InChI is InChI=1S/C16H28O2/c1-16(2,18)11-4-3-6-12-9-10-14-13(12)7-5-8-15(14)17/h12-14,18H,3-11H2,1-2H3/t12-,13?,14+/m0/s1. The average Bonchev–Trinajstić information content (AvgIpc) is 2.68. The van der Waals surface area contributed by atoms with Gasteiger partial charge in [-0.3, -0.25) is 4.79 Å². The Bertz CT molecular complexity index is 290. The number of hydrogen-bond donors (Lipinski definition) is 1. The fourth-order valence-electron chi connectivity index (χ4n) is 4.01. The molecule has 0 aromatic heterocycles. The summed E-state index contributed by atoms with van der Waals surface area (Å²) in [6.07, 6.45) is 10.2. The van der Waals surface area contributed by atoms with Gasteiger partial charge in [-0.1, -0.05) is 19.3 Å². The molecule has 0 heterocycles. The van der Waals surface area contributed by atoms with E-state index in [4.69, 9.17) is 0 Å². The number of unbranched alkanes of at least 4 members (excludes halogenated alkanes) is 1. The highest BCUT2D eigenvalue weighted by Crippen LogP contribution is 2.46. The van der Waals surface area contributed by atoms with Gasteiger partial charge in [-0.2, -0.15) is 0 Å². The Labute approximate surface area is 111 Å². The lowest BCUT2D eigenvalue weighted by Gasteiger charge is -2.28. The van der Waals surface area contributed by atoms with Gasteiger partial charge in [-0.25, -0.2) is 0 Å². The van der Waals surface area contributed by atoms with Crippen molar-refractivity contribution in [1.82, 2.24) is 0 Å². The number of rotatable bonds is 5. The van der Waals surface area contributed by atoms with E-state index in [9.17, 15) is 9.90 Å². The van der Waals surface area contributed by atoms with Crippen LogP contribution in [0, 0.1) is 17.8 Å². The van der Waals surface area contributed by atoms with Crippen LogP contribution in [0.25, 0.3) is 0 Å². The second kappa shape index (κ2) is 5.73. The fraction of sp³-hybridized carbons (Fsp3) is 0.938. The molecule has 1 unspecified atom stereocenters. The highest BCUT2D eigenvalue weighted by molar-refractivity contribution is 5.82. The van der Waals surface area contributed by atoms with Crippen LogP contribution in [-0.4, -0.2) is 16.5 Å². The maximum absolute atomic E-state index is 11.8. The van der Waals surface area contributed by atoms with Crippen molar-refractivity contribution in [2.75, 3.05) is 0 Å². The summed E-state index contributed by atoms with van der Waals surface area (Å²) in [5, 5.41) is 9.69. The Hall–Kier alpha value is -0.370. The molecule has 104 valence electrons. The summed E-state index contributed by atoms with van der Waals surface area (Å²) >= 11 is 0. The van der Waals surface area contributed by atoms with Crippen molar-refractivity contribution in [3.8, 4) is 0 Å². The molecule has 0 saturated heterocycles. The van der Waals surface area contributed by atoms with Gasteiger partial charge in [-0.05, 0) is 57.8 Å². The molecule has 2 rings (SSSR count). The van der Waals surface area contributed by atoms with Gasteiger partial charge in [0.05, 0.1) is 5.60 Å². The van der Waals surface area contributed by atoms with E-state index in [1.54, 1.807) is 0 Å². The Morgan fingerprint density at radius 3 is 2.72 bits per heavy atom. The molecule has 0 amide bonds. The molecule has 0 bridgehead atoms. The summed E-state index contributed by atoms with van der Waals surface area (Å²) in [6, 6.07) is 0. The van der Waals surface area contributed by atoms with Crippen LogP contribution in [0.4, 0.5) is 0 Å². The van der Waals surface area contributed by atoms with Crippen LogP contribution in [-0.2, 0) is 4.79 Å². The molecule has 0 spiro atoms. The van der Waals surface area contributed by atoms with Crippen LogP contribution in [0.1, 0.15) is 71.6 Å². The van der Waals surface area contributed by atoms with E-state index in [1.807, 2.05) is 13.8 Å². The molecule has 1 N–H and O–H groups in total. The SMILES string of the molecule is CC(C)(O)CCCC[C@H]1CC[C@H]2C(=O)CCCC12. The van der Waals surface area contributed by atoms with Crippen LogP contribution >= 0.6 is 0 Å². The first kappa shape index (κ1) is 14.0. The molecule has 0 radical (unpaired) electrons. The van der Waals surface area contributed by atoms with Crippen molar-refractivity contribution in [2.24, 2.45) is 17.8 Å². The molecular formula is C16H28O2. The number of carbonyl (C=O) groups is 1. The van der Waals surface area contributed by atoms with Crippen molar-refractivity contribution in [3.63, 3.8) is 0 Å². The van der Waals surface area contributed by atoms with Gasteiger partial charge in [0.25, 0.3) is 0 Å². The minimum atomic E-state index is -0.515. The molecule has 2 nitrogen and oxygen atoms in total. The smallest absolute Gasteiger partial charge is 0.136 e. The van der Waals surface area contributed by atoms with Crippen molar-refractivity contribution >= 4 is 5.78 Å². The van der Waals surface area contributed by atoms with E-state index >= 15 is 0 Å². The molecule has 2 aliphatic carbocycles. The van der Waals surface area contributed by atoms with Gasteiger partial charge in [0.1, 0.15) is 5.78 Å². The Kier molecular flexibility index (Phi) is 4.47. The maximum Gasteiger partial charge on any atom is 0.136 e. The second-order valence-electron chi connectivity index (χ2n) is 7.02. The van der Waals surface area contributed by atoms with Gasteiger partial charge in [-0.15, -0.1) is 0 Å². The fourth-order valence-corrected chi connectivity index (χ4v) is 4.01. The highest BCUT2D eigenvalue weighted by Gasteiger charge is 2.41. The third kappa shape index (κ3) is 3.57. The molecule has 0 aromatic rings. The molecule has 0 aromatic carbocycles. The monoisotopic (exact) mass is 252 g/mol. The number of hydrogen-bond acceptors (Lipinski definition) is 2. The molecule has 2 saturated carbocycles. The molecule has 2 aliphatic rings. The lowest BCUT2D eigenvalue weighted by Crippen LogP contribution is -2.27. The van der Waals surface area contributed by atoms with Crippen molar-refractivity contribution in [1.29, 1.82) is 0 Å². The lowest BCUT2D eigenvalue weighted by molar-refractivity contribution is -0.126. The van der Waals surface area contributed by atoms with Gasteiger partial charge in [0.15, 0.2) is 0 Å². The molecular weight excluding hydrogens is 224 g/mol. The van der Waals surface area contributed by atoms with Crippen molar-refractivity contribution in [3.05, 3.63) is 0 Å². The first-order chi connectivity index (χ1) is 8.47. The average molecular weight is 252 g/mol. The van der Waals surface area contributed by atoms with E-state index in [1.165, 1.54) is 25.7 Å². The second-order valence-corrected chi connectivity index (χ2v) is 7.02. The summed E-state index contributed by atoms with van der Waals surface area (Å²) in [5.74, 6) is 2.46. The molecule has 2 fully saturated rings. The van der Waals surface area contributed by atoms with Crippen LogP contribution < -0.4 is 0 Å². The van der Waals surface area contributed by atoms with Crippen LogP contribution in [0.15, 0.2) is 0 Å². The topological polar surface area (TPSA) is 37.3 Å². The number of fused-ring (bicyclic) bond motifs is 1. The first-order valence-corrected chi connectivity index (χ1v) is 7.72. The third-order valence-corrected chi connectivity index (χ3v) is 4.96. The van der Waals surface area contributed by atoms with E-state index < -0.39 is 5.60 Å². The van der Waals surface area contributed by atoms with E-state index in [0.717, 1.165) is 38.0 Å². The minimum Gasteiger partial charge on any atom is -0.390 e. The zero-order valence-electron chi connectivity index (χ0n) is 12.0. The zero-order valence-corrected chi connectivity index (χ0v) is 12.0. The zero-order chi connectivity index (χ0) is 13.2. The van der Waals surface area contributed by atoms with Gasteiger partial charge in [0.2, 0.25) is 0 Å². The minimum absolute atomic E-state index is 0.415. The molecule has 2 heteroatoms. The predicted octanol–water partition coefficient (Wildman–Crippen LogP) is 3.71. The Morgan fingerprint density at radius 1 is 1.22 bits per heavy atom. The predicted molar refractivity (Wildman–Crippen MR) is 73.3 cm³/mol. The van der Waals surface area contributed by atoms with E-state index in [-0.39, 0.29) is 0 Å². The van der Waals surface area contributed by atoms with Gasteiger partial charge < -0.3 is 5.11 Å². The van der Waals surface area contributed by atoms with Crippen LogP contribution in [0.5, 0.6) is 0 Å². The summed E-state index contributed by atoms with van der Waals surface area (Å²) in [4.78, 5) is 11.8. The Morgan fingerprint density at radius 2 is 2.00 bits per heavy atom. The van der Waals surface area contributed by atoms with Crippen molar-refractivity contribution < 1.29 is 9.90 Å². The van der Waals surface area contributed by atoms with Gasteiger partial charge in [0, 0.05) is 12.3 Å². The molecule has 3 atom stereocenters. The highest BCUT2D eigenvalue weighted by atomic mass is 16.3. The molecule has 0 aliphatic heterocycles. The van der Waals surface area contributed by atoms with Gasteiger partial charge >= 0.3 is 0 Å². The first-order valence-electron chi connectivity index (χ1n) is 7.72. The normalized spacial score (nSPS) is 32.6. The number of carbonyl (C=O) groups excluding carboxylic acids is 1. The Balaban J connectivity index is 1.72. The van der Waals surface area contributed by atoms with E-state index in [0.29, 0.717) is 17.6 Å². The quantitative estimate of drug-likeness (QED) is 0.757. The summed E-state index contributed by atoms with van der Waals surface area (Å²) in [6.45, 7) is 3.77. The third-order valence-electron chi connectivity index (χ3n) is 4.96. The summed E-state index contributed by atoms with van der Waals surface area (Å²) in [7, 11) is 0. The lowest BCUT2D eigenvalue weighted by atomic mass is 9.76. The largest absolute Gasteiger partial charge is 0.390 e. The summed E-state index contributed by atoms with van der Waals surface area (Å²) in [5.41, 5.74) is -0.515. The van der Waals surface area contributed by atoms with Crippen LogP contribution in [0.2, 0.25) is 0 Å². The van der Waals surface area contributed by atoms with Crippen LogP contribution in [0.3, 0.4) is 0 Å².